The Balaban J connectivity index is 3.52. The first-order chi connectivity index (χ1) is 4.72. The van der Waals surface area contributed by atoms with Crippen LogP contribution in [0.25, 0.3) is 0 Å². The van der Waals surface area contributed by atoms with E-state index in [-0.39, 0.29) is 0 Å². The molecular weight excluding hydrogens is 152 g/mol. The molecular formula is C7H11ClO2. The van der Waals surface area contributed by atoms with Crippen molar-refractivity contribution in [1.82, 2.24) is 0 Å². The third-order valence-corrected chi connectivity index (χ3v) is 1.33. The van der Waals surface area contributed by atoms with Gasteiger partial charge in [0, 0.05) is 5.57 Å². The van der Waals surface area contributed by atoms with Gasteiger partial charge < -0.3 is 4.29 Å². The van der Waals surface area contributed by atoms with Crippen molar-refractivity contribution in [2.24, 2.45) is 0 Å². The van der Waals surface area contributed by atoms with Crippen molar-refractivity contribution in [2.45, 2.75) is 26.2 Å². The van der Waals surface area contributed by atoms with Crippen molar-refractivity contribution in [3.05, 3.63) is 12.2 Å². The molecule has 0 bridgehead atoms. The van der Waals surface area contributed by atoms with E-state index in [1.54, 1.807) is 0 Å². The molecule has 0 saturated carbocycles. The molecule has 58 valence electrons. The molecule has 3 heteroatoms. The summed E-state index contributed by atoms with van der Waals surface area (Å²) >= 11 is 4.82. The van der Waals surface area contributed by atoms with E-state index in [1.807, 2.05) is 6.92 Å². The predicted octanol–water partition coefficient (Wildman–Crippen LogP) is 2.43. The molecule has 0 rings (SSSR count). The van der Waals surface area contributed by atoms with E-state index in [9.17, 15) is 4.79 Å². The van der Waals surface area contributed by atoms with Gasteiger partial charge in [-0.1, -0.05) is 19.9 Å². The van der Waals surface area contributed by atoms with Crippen LogP contribution in [0.3, 0.4) is 0 Å². The molecule has 0 aliphatic carbocycles. The van der Waals surface area contributed by atoms with Crippen LogP contribution in [0.4, 0.5) is 0 Å². The van der Waals surface area contributed by atoms with Gasteiger partial charge in [0.15, 0.2) is 0 Å². The Morgan fingerprint density at radius 2 is 2.30 bits per heavy atom. The summed E-state index contributed by atoms with van der Waals surface area (Å²) < 4.78 is 3.94. The number of carbonyl (C=O) groups excluding carboxylic acids is 1. The maximum atomic E-state index is 10.6. The molecule has 0 fully saturated rings. The summed E-state index contributed by atoms with van der Waals surface area (Å²) in [5.41, 5.74) is 0.442. The monoisotopic (exact) mass is 162 g/mol. The van der Waals surface area contributed by atoms with Crippen molar-refractivity contribution < 1.29 is 9.08 Å². The normalized spacial score (nSPS) is 9.00. The SMILES string of the molecule is C=C(CCCC)C(=O)OCl. The van der Waals surface area contributed by atoms with E-state index in [0.717, 1.165) is 12.8 Å². The Labute approximate surface area is 66.0 Å². The fourth-order valence-electron chi connectivity index (χ4n) is 0.547. The quantitative estimate of drug-likeness (QED) is 0.594. The van der Waals surface area contributed by atoms with Crippen LogP contribution in [0.1, 0.15) is 26.2 Å². The van der Waals surface area contributed by atoms with E-state index in [4.69, 9.17) is 11.9 Å². The molecule has 2 nitrogen and oxygen atoms in total. The second-order valence-electron chi connectivity index (χ2n) is 2.07. The first-order valence-electron chi connectivity index (χ1n) is 3.23. The zero-order valence-corrected chi connectivity index (χ0v) is 6.78. The lowest BCUT2D eigenvalue weighted by Crippen LogP contribution is -1.99. The number of rotatable bonds is 4. The zero-order chi connectivity index (χ0) is 7.98. The van der Waals surface area contributed by atoms with Crippen molar-refractivity contribution in [3.63, 3.8) is 0 Å². The Hall–Kier alpha value is -0.500. The summed E-state index contributed by atoms with van der Waals surface area (Å²) in [4.78, 5) is 10.6. The molecule has 0 aliphatic heterocycles. The van der Waals surface area contributed by atoms with Crippen molar-refractivity contribution >= 4 is 17.8 Å². The summed E-state index contributed by atoms with van der Waals surface area (Å²) in [7, 11) is 0. The molecule has 0 amide bonds. The molecule has 0 unspecified atom stereocenters. The van der Waals surface area contributed by atoms with Crippen LogP contribution in [0.5, 0.6) is 0 Å². The Bertz CT molecular complexity index is 132. The van der Waals surface area contributed by atoms with E-state index in [2.05, 4.69) is 10.9 Å². The summed E-state index contributed by atoms with van der Waals surface area (Å²) in [5.74, 6) is -0.518. The van der Waals surface area contributed by atoms with E-state index in [0.29, 0.717) is 12.0 Å². The molecule has 10 heavy (non-hydrogen) atoms. The fraction of sp³-hybridized carbons (Fsp3) is 0.571. The van der Waals surface area contributed by atoms with Crippen LogP contribution in [-0.2, 0) is 9.08 Å². The minimum absolute atomic E-state index is 0.442. The van der Waals surface area contributed by atoms with Crippen LogP contribution < -0.4 is 0 Å². The molecule has 0 aromatic carbocycles. The van der Waals surface area contributed by atoms with Crippen LogP contribution in [0.2, 0.25) is 0 Å². The van der Waals surface area contributed by atoms with Crippen LogP contribution in [0, 0.1) is 0 Å². The van der Waals surface area contributed by atoms with E-state index >= 15 is 0 Å². The van der Waals surface area contributed by atoms with Gasteiger partial charge in [0.05, 0.1) is 0 Å². The lowest BCUT2D eigenvalue weighted by molar-refractivity contribution is -0.129. The topological polar surface area (TPSA) is 26.3 Å². The molecule has 0 heterocycles. The first-order valence-corrected chi connectivity index (χ1v) is 3.54. The summed E-state index contributed by atoms with van der Waals surface area (Å²) in [6, 6.07) is 0. The largest absolute Gasteiger partial charge is 0.351 e. The third-order valence-electron chi connectivity index (χ3n) is 1.19. The second kappa shape index (κ2) is 5.30. The molecule has 0 aromatic rings. The first kappa shape index (κ1) is 9.50. The Morgan fingerprint density at radius 3 is 2.70 bits per heavy atom. The molecule has 0 aromatic heterocycles. The van der Waals surface area contributed by atoms with Gasteiger partial charge in [-0.15, -0.1) is 0 Å². The van der Waals surface area contributed by atoms with Crippen LogP contribution in [0.15, 0.2) is 12.2 Å². The highest BCUT2D eigenvalue weighted by Crippen LogP contribution is 2.06. The molecule has 0 aliphatic rings. The predicted molar refractivity (Wildman–Crippen MR) is 40.6 cm³/mol. The lowest BCUT2D eigenvalue weighted by atomic mass is 10.1. The standard InChI is InChI=1S/C7H11ClO2/c1-3-4-5-6(2)7(9)10-8/h2-5H2,1H3. The molecule has 0 N–H and O–H groups in total. The minimum Gasteiger partial charge on any atom is -0.343 e. The van der Waals surface area contributed by atoms with E-state index in [1.165, 1.54) is 0 Å². The maximum absolute atomic E-state index is 10.6. The average Bonchev–Trinajstić information content (AvgIpc) is 1.98. The van der Waals surface area contributed by atoms with Crippen molar-refractivity contribution in [2.75, 3.05) is 0 Å². The summed E-state index contributed by atoms with van der Waals surface area (Å²) in [6.45, 7) is 5.54. The lowest BCUT2D eigenvalue weighted by Gasteiger charge is -1.97. The van der Waals surface area contributed by atoms with Gasteiger partial charge in [-0.05, 0) is 12.8 Å². The van der Waals surface area contributed by atoms with Gasteiger partial charge in [0.2, 0.25) is 0 Å². The highest BCUT2D eigenvalue weighted by molar-refractivity contribution is 6.15. The van der Waals surface area contributed by atoms with E-state index < -0.39 is 5.97 Å². The Morgan fingerprint density at radius 1 is 1.70 bits per heavy atom. The van der Waals surface area contributed by atoms with Gasteiger partial charge in [0.25, 0.3) is 0 Å². The summed E-state index contributed by atoms with van der Waals surface area (Å²) in [6.07, 6.45) is 2.65. The van der Waals surface area contributed by atoms with Gasteiger partial charge >= 0.3 is 5.97 Å². The maximum Gasteiger partial charge on any atom is 0.351 e. The minimum atomic E-state index is -0.518. The van der Waals surface area contributed by atoms with Gasteiger partial charge in [-0.2, -0.15) is 0 Å². The number of hydrogen-bond donors (Lipinski definition) is 0. The van der Waals surface area contributed by atoms with Crippen molar-refractivity contribution in [3.8, 4) is 0 Å². The molecule has 0 atom stereocenters. The van der Waals surface area contributed by atoms with Crippen LogP contribution >= 0.6 is 11.9 Å². The van der Waals surface area contributed by atoms with Gasteiger partial charge in [-0.25, -0.2) is 4.79 Å². The number of carbonyl (C=O) groups is 1. The average molecular weight is 163 g/mol. The van der Waals surface area contributed by atoms with Gasteiger partial charge in [-0.3, -0.25) is 0 Å². The zero-order valence-electron chi connectivity index (χ0n) is 6.02. The van der Waals surface area contributed by atoms with Crippen molar-refractivity contribution in [1.29, 1.82) is 0 Å². The third kappa shape index (κ3) is 3.51. The number of unbranched alkanes of at least 4 members (excludes halogenated alkanes) is 1. The fourth-order valence-corrected chi connectivity index (χ4v) is 0.656. The highest BCUT2D eigenvalue weighted by Gasteiger charge is 2.05. The smallest absolute Gasteiger partial charge is 0.343 e. The van der Waals surface area contributed by atoms with Crippen LogP contribution in [-0.4, -0.2) is 5.97 Å². The molecule has 0 radical (unpaired) electrons. The number of halogens is 1. The van der Waals surface area contributed by atoms with Gasteiger partial charge in [0.1, 0.15) is 11.9 Å². The molecule has 0 spiro atoms. The highest BCUT2D eigenvalue weighted by atomic mass is 35.5. The number of hydrogen-bond acceptors (Lipinski definition) is 2. The second-order valence-corrected chi connectivity index (χ2v) is 2.23. The Kier molecular flexibility index (Phi) is 5.03. The molecule has 0 saturated heterocycles. The summed E-state index contributed by atoms with van der Waals surface area (Å²) in [5, 5.41) is 0.